The summed E-state index contributed by atoms with van der Waals surface area (Å²) in [6.45, 7) is 4.75. The van der Waals surface area contributed by atoms with Crippen molar-refractivity contribution in [3.8, 4) is 0 Å². The molecule has 0 bridgehead atoms. The number of aromatic nitrogens is 1. The Labute approximate surface area is 124 Å². The number of pyridine rings is 1. The molecule has 2 rings (SSSR count). The van der Waals surface area contributed by atoms with Crippen LogP contribution >= 0.6 is 27.5 Å². The number of hydrogen-bond acceptors (Lipinski definition) is 4. The third-order valence-electron chi connectivity index (χ3n) is 2.97. The van der Waals surface area contributed by atoms with Crippen molar-refractivity contribution in [1.82, 2.24) is 4.98 Å². The Hall–Kier alpha value is -0.430. The molecule has 0 aromatic carbocycles. The number of aliphatic hydroxyl groups is 1. The van der Waals surface area contributed by atoms with Crippen LogP contribution in [0.15, 0.2) is 4.60 Å². The average molecular weight is 354 g/mol. The lowest BCUT2D eigenvalue weighted by Crippen LogP contribution is -2.46. The molecule has 1 N–H and O–H groups in total. The predicted molar refractivity (Wildman–Crippen MR) is 75.0 cm³/mol. The molecule has 1 saturated heterocycles. The van der Waals surface area contributed by atoms with E-state index < -0.39 is 5.82 Å². The van der Waals surface area contributed by atoms with Crippen molar-refractivity contribution in [3.05, 3.63) is 21.1 Å². The first-order valence-corrected chi connectivity index (χ1v) is 7.15. The van der Waals surface area contributed by atoms with Crippen molar-refractivity contribution >= 4 is 33.2 Å². The highest BCUT2D eigenvalue weighted by Crippen LogP contribution is 2.36. The minimum absolute atomic E-state index is 0.0121. The van der Waals surface area contributed by atoms with Gasteiger partial charge in [-0.25, -0.2) is 9.37 Å². The third kappa shape index (κ3) is 3.02. The average Bonchev–Trinajstić information content (AvgIpc) is 2.34. The summed E-state index contributed by atoms with van der Waals surface area (Å²) in [6.07, 6.45) is 0.0242. The SMILES string of the molecule is C[C@@H]1CN(c2c(CO)nc(Br)c(F)c2Cl)C[C@H](C)O1. The Morgan fingerprint density at radius 2 is 2.05 bits per heavy atom. The van der Waals surface area contributed by atoms with Crippen LogP contribution in [0.3, 0.4) is 0 Å². The van der Waals surface area contributed by atoms with Crippen LogP contribution in [0.5, 0.6) is 0 Å². The first kappa shape index (κ1) is 15.0. The van der Waals surface area contributed by atoms with E-state index in [9.17, 15) is 9.50 Å². The lowest BCUT2D eigenvalue weighted by molar-refractivity contribution is -0.00536. The number of morpholine rings is 1. The molecule has 0 aliphatic carbocycles. The van der Waals surface area contributed by atoms with Crippen molar-refractivity contribution in [2.75, 3.05) is 18.0 Å². The van der Waals surface area contributed by atoms with E-state index in [2.05, 4.69) is 20.9 Å². The summed E-state index contributed by atoms with van der Waals surface area (Å²) < 4.78 is 19.5. The van der Waals surface area contributed by atoms with Crippen LogP contribution in [0.25, 0.3) is 0 Å². The van der Waals surface area contributed by atoms with Gasteiger partial charge in [-0.05, 0) is 29.8 Å². The molecule has 4 nitrogen and oxygen atoms in total. The van der Waals surface area contributed by atoms with E-state index in [0.717, 1.165) is 0 Å². The van der Waals surface area contributed by atoms with Gasteiger partial charge in [-0.1, -0.05) is 11.6 Å². The monoisotopic (exact) mass is 352 g/mol. The van der Waals surface area contributed by atoms with Crippen LogP contribution in [-0.4, -0.2) is 35.4 Å². The molecule has 2 heterocycles. The fourth-order valence-corrected chi connectivity index (χ4v) is 3.18. The molecule has 1 aliphatic rings. The molecule has 106 valence electrons. The first-order valence-electron chi connectivity index (χ1n) is 5.98. The van der Waals surface area contributed by atoms with Gasteiger partial charge in [-0.2, -0.15) is 0 Å². The first-order chi connectivity index (χ1) is 8.93. The van der Waals surface area contributed by atoms with Crippen molar-refractivity contribution in [2.45, 2.75) is 32.7 Å². The maximum atomic E-state index is 13.9. The molecule has 0 spiro atoms. The molecule has 0 unspecified atom stereocenters. The summed E-state index contributed by atoms with van der Waals surface area (Å²) in [6, 6.07) is 0. The predicted octanol–water partition coefficient (Wildman–Crippen LogP) is 2.74. The Balaban J connectivity index is 2.45. The number of halogens is 3. The van der Waals surface area contributed by atoms with Crippen molar-refractivity contribution in [1.29, 1.82) is 0 Å². The van der Waals surface area contributed by atoms with Crippen LogP contribution in [0, 0.1) is 5.82 Å². The van der Waals surface area contributed by atoms with Gasteiger partial charge in [0.2, 0.25) is 0 Å². The van der Waals surface area contributed by atoms with Gasteiger partial charge in [0.05, 0.1) is 30.2 Å². The zero-order valence-corrected chi connectivity index (χ0v) is 13.0. The number of hydrogen-bond donors (Lipinski definition) is 1. The third-order valence-corrected chi connectivity index (χ3v) is 3.84. The van der Waals surface area contributed by atoms with Gasteiger partial charge in [0.1, 0.15) is 9.63 Å². The molecule has 7 heteroatoms. The van der Waals surface area contributed by atoms with E-state index in [1.54, 1.807) is 0 Å². The van der Waals surface area contributed by atoms with Crippen molar-refractivity contribution in [3.63, 3.8) is 0 Å². The molecule has 0 radical (unpaired) electrons. The smallest absolute Gasteiger partial charge is 0.176 e. The summed E-state index contributed by atoms with van der Waals surface area (Å²) in [7, 11) is 0. The molecular weight excluding hydrogens is 338 g/mol. The standard InChI is InChI=1S/C12H15BrClFN2O2/c1-6-3-17(4-7(2)19-6)11-8(5-18)16-12(13)10(15)9(11)14/h6-7,18H,3-5H2,1-2H3/t6-,7+. The van der Waals surface area contributed by atoms with Gasteiger partial charge in [0, 0.05) is 13.1 Å². The van der Waals surface area contributed by atoms with Gasteiger partial charge < -0.3 is 14.7 Å². The molecule has 0 saturated carbocycles. The van der Waals surface area contributed by atoms with E-state index in [4.69, 9.17) is 16.3 Å². The molecule has 1 aromatic heterocycles. The molecule has 19 heavy (non-hydrogen) atoms. The van der Waals surface area contributed by atoms with E-state index in [1.165, 1.54) is 0 Å². The van der Waals surface area contributed by atoms with Crippen LogP contribution in [0.2, 0.25) is 5.02 Å². The zero-order valence-electron chi connectivity index (χ0n) is 10.7. The van der Waals surface area contributed by atoms with Crippen LogP contribution < -0.4 is 4.90 Å². The largest absolute Gasteiger partial charge is 0.390 e. The normalized spacial score (nSPS) is 23.8. The van der Waals surface area contributed by atoms with E-state index in [-0.39, 0.29) is 28.4 Å². The highest BCUT2D eigenvalue weighted by Gasteiger charge is 2.28. The van der Waals surface area contributed by atoms with E-state index in [1.807, 2.05) is 18.7 Å². The second-order valence-electron chi connectivity index (χ2n) is 4.65. The second-order valence-corrected chi connectivity index (χ2v) is 5.78. The van der Waals surface area contributed by atoms with Gasteiger partial charge in [-0.15, -0.1) is 0 Å². The summed E-state index contributed by atoms with van der Waals surface area (Å²) in [5.74, 6) is -0.610. The van der Waals surface area contributed by atoms with Crippen LogP contribution in [-0.2, 0) is 11.3 Å². The lowest BCUT2D eigenvalue weighted by Gasteiger charge is -2.37. The molecule has 1 fully saturated rings. The Kier molecular flexibility index (Phi) is 4.66. The van der Waals surface area contributed by atoms with E-state index in [0.29, 0.717) is 24.5 Å². The number of anilines is 1. The summed E-state index contributed by atoms with van der Waals surface area (Å²) in [4.78, 5) is 5.91. The molecule has 1 aliphatic heterocycles. The number of rotatable bonds is 2. The number of nitrogens with zero attached hydrogens (tertiary/aromatic N) is 2. The maximum absolute atomic E-state index is 13.9. The quantitative estimate of drug-likeness (QED) is 0.831. The highest BCUT2D eigenvalue weighted by molar-refractivity contribution is 9.10. The fraction of sp³-hybridized carbons (Fsp3) is 0.583. The molecule has 2 atom stereocenters. The second kappa shape index (κ2) is 5.91. The molecular formula is C12H15BrClFN2O2. The van der Waals surface area contributed by atoms with Crippen LogP contribution in [0.1, 0.15) is 19.5 Å². The minimum atomic E-state index is -0.610. The van der Waals surface area contributed by atoms with Crippen molar-refractivity contribution in [2.24, 2.45) is 0 Å². The molecule has 0 amide bonds. The zero-order chi connectivity index (χ0) is 14.2. The fourth-order valence-electron chi connectivity index (χ4n) is 2.33. The van der Waals surface area contributed by atoms with E-state index >= 15 is 0 Å². The maximum Gasteiger partial charge on any atom is 0.176 e. The minimum Gasteiger partial charge on any atom is -0.390 e. The topological polar surface area (TPSA) is 45.6 Å². The Bertz CT molecular complexity index is 479. The molecule has 1 aromatic rings. The Morgan fingerprint density at radius 1 is 1.47 bits per heavy atom. The number of ether oxygens (including phenoxy) is 1. The Morgan fingerprint density at radius 3 is 2.58 bits per heavy atom. The summed E-state index contributed by atoms with van der Waals surface area (Å²) in [5.41, 5.74) is 0.812. The lowest BCUT2D eigenvalue weighted by atomic mass is 10.2. The van der Waals surface area contributed by atoms with Crippen LogP contribution in [0.4, 0.5) is 10.1 Å². The van der Waals surface area contributed by atoms with Gasteiger partial charge in [0.25, 0.3) is 0 Å². The highest BCUT2D eigenvalue weighted by atomic mass is 79.9. The number of aliphatic hydroxyl groups excluding tert-OH is 1. The van der Waals surface area contributed by atoms with Gasteiger partial charge in [0.15, 0.2) is 5.82 Å². The van der Waals surface area contributed by atoms with Gasteiger partial charge >= 0.3 is 0 Å². The van der Waals surface area contributed by atoms with Gasteiger partial charge in [-0.3, -0.25) is 0 Å². The van der Waals surface area contributed by atoms with Crippen molar-refractivity contribution < 1.29 is 14.2 Å². The summed E-state index contributed by atoms with van der Waals surface area (Å²) in [5, 5.41) is 9.38. The summed E-state index contributed by atoms with van der Waals surface area (Å²) >= 11 is 9.07.